The van der Waals surface area contributed by atoms with E-state index in [2.05, 4.69) is 9.82 Å². The summed E-state index contributed by atoms with van der Waals surface area (Å²) in [5, 5.41) is 4.34. The summed E-state index contributed by atoms with van der Waals surface area (Å²) in [6, 6.07) is 18.5. The topological polar surface area (TPSA) is 90.3 Å². The molecule has 0 aliphatic heterocycles. The minimum atomic E-state index is -3.62. The van der Waals surface area contributed by atoms with Crippen LogP contribution in [0, 0.1) is 0 Å². The molecule has 1 N–H and O–H groups in total. The third-order valence-electron chi connectivity index (χ3n) is 4.00. The summed E-state index contributed by atoms with van der Waals surface area (Å²) >= 11 is 0. The van der Waals surface area contributed by atoms with Crippen molar-refractivity contribution in [1.82, 2.24) is 14.5 Å². The van der Waals surface area contributed by atoms with Crippen molar-refractivity contribution in [3.8, 4) is 17.0 Å². The predicted molar refractivity (Wildman–Crippen MR) is 107 cm³/mol. The van der Waals surface area contributed by atoms with Gasteiger partial charge in [-0.2, -0.15) is 5.10 Å². The number of nitrogens with zero attached hydrogens (tertiary/aromatic N) is 2. The Balaban J connectivity index is 1.71. The van der Waals surface area contributed by atoms with Gasteiger partial charge in [-0.1, -0.05) is 18.2 Å². The molecule has 0 saturated carbocycles. The minimum Gasteiger partial charge on any atom is -0.494 e. The van der Waals surface area contributed by atoms with Gasteiger partial charge in [0.1, 0.15) is 5.75 Å². The number of nitrogens with one attached hydrogen (secondary N) is 1. The first-order valence-electron chi connectivity index (χ1n) is 8.86. The minimum absolute atomic E-state index is 0.0524. The van der Waals surface area contributed by atoms with E-state index in [-0.39, 0.29) is 23.5 Å². The van der Waals surface area contributed by atoms with Crippen LogP contribution < -0.4 is 15.0 Å². The van der Waals surface area contributed by atoms with Crippen molar-refractivity contribution < 1.29 is 13.2 Å². The van der Waals surface area contributed by atoms with Gasteiger partial charge in [0.2, 0.25) is 10.0 Å². The number of sulfonamides is 1. The molecule has 0 fully saturated rings. The second kappa shape index (κ2) is 8.81. The summed E-state index contributed by atoms with van der Waals surface area (Å²) in [7, 11) is -3.62. The van der Waals surface area contributed by atoms with Gasteiger partial charge in [0.15, 0.2) is 0 Å². The monoisotopic (exact) mass is 399 g/mol. The van der Waals surface area contributed by atoms with Gasteiger partial charge in [-0.15, -0.1) is 0 Å². The molecule has 2 aromatic carbocycles. The lowest BCUT2D eigenvalue weighted by Gasteiger charge is -2.09. The van der Waals surface area contributed by atoms with E-state index in [1.807, 2.05) is 31.2 Å². The van der Waals surface area contributed by atoms with Crippen LogP contribution in [-0.4, -0.2) is 31.3 Å². The SMILES string of the molecule is CCOc1ccc(-c2ccc(=O)n(CCNS(=O)(=O)c3ccccc3)n2)cc1. The van der Waals surface area contributed by atoms with Crippen molar-refractivity contribution >= 4 is 10.0 Å². The van der Waals surface area contributed by atoms with E-state index >= 15 is 0 Å². The molecular weight excluding hydrogens is 378 g/mol. The Morgan fingerprint density at radius 3 is 2.39 bits per heavy atom. The molecule has 3 rings (SSSR count). The molecule has 0 unspecified atom stereocenters. The van der Waals surface area contributed by atoms with E-state index in [1.165, 1.54) is 22.9 Å². The molecule has 8 heteroatoms. The Labute approximate surface area is 163 Å². The lowest BCUT2D eigenvalue weighted by Crippen LogP contribution is -2.32. The maximum atomic E-state index is 12.3. The van der Waals surface area contributed by atoms with Gasteiger partial charge < -0.3 is 4.74 Å². The van der Waals surface area contributed by atoms with Crippen molar-refractivity contribution in [2.24, 2.45) is 0 Å². The Morgan fingerprint density at radius 2 is 1.71 bits per heavy atom. The number of benzene rings is 2. The average molecular weight is 399 g/mol. The molecule has 0 radical (unpaired) electrons. The molecule has 0 aliphatic rings. The highest BCUT2D eigenvalue weighted by Gasteiger charge is 2.13. The molecule has 146 valence electrons. The van der Waals surface area contributed by atoms with Crippen LogP contribution in [-0.2, 0) is 16.6 Å². The van der Waals surface area contributed by atoms with Gasteiger partial charge in [0.25, 0.3) is 5.56 Å². The average Bonchev–Trinajstić information content (AvgIpc) is 2.71. The summed E-state index contributed by atoms with van der Waals surface area (Å²) in [6.45, 7) is 2.67. The maximum absolute atomic E-state index is 12.3. The van der Waals surface area contributed by atoms with Crippen molar-refractivity contribution in [3.05, 3.63) is 77.1 Å². The molecule has 0 amide bonds. The summed E-state index contributed by atoms with van der Waals surface area (Å²) in [5.74, 6) is 0.759. The molecule has 28 heavy (non-hydrogen) atoms. The van der Waals surface area contributed by atoms with E-state index in [9.17, 15) is 13.2 Å². The smallest absolute Gasteiger partial charge is 0.266 e. The van der Waals surface area contributed by atoms with Gasteiger partial charge in [-0.05, 0) is 49.4 Å². The molecule has 7 nitrogen and oxygen atoms in total. The molecule has 0 bridgehead atoms. The molecular formula is C20H21N3O4S. The van der Waals surface area contributed by atoms with Crippen LogP contribution in [0.25, 0.3) is 11.3 Å². The number of hydrogen-bond acceptors (Lipinski definition) is 5. The fourth-order valence-electron chi connectivity index (χ4n) is 2.62. The number of ether oxygens (including phenoxy) is 1. The number of rotatable bonds is 8. The van der Waals surface area contributed by atoms with Gasteiger partial charge >= 0.3 is 0 Å². The first kappa shape index (κ1) is 19.8. The lowest BCUT2D eigenvalue weighted by atomic mass is 10.1. The van der Waals surface area contributed by atoms with Crippen LogP contribution in [0.1, 0.15) is 6.92 Å². The molecule has 0 spiro atoms. The fourth-order valence-corrected chi connectivity index (χ4v) is 3.66. The van der Waals surface area contributed by atoms with Crippen LogP contribution in [0.4, 0.5) is 0 Å². The number of aromatic nitrogens is 2. The lowest BCUT2D eigenvalue weighted by molar-refractivity contribution is 0.340. The summed E-state index contributed by atoms with van der Waals surface area (Å²) < 4.78 is 33.7. The molecule has 1 heterocycles. The van der Waals surface area contributed by atoms with Crippen molar-refractivity contribution in [2.75, 3.05) is 13.2 Å². The highest BCUT2D eigenvalue weighted by atomic mass is 32.2. The van der Waals surface area contributed by atoms with Crippen LogP contribution >= 0.6 is 0 Å². The van der Waals surface area contributed by atoms with Gasteiger partial charge in [0, 0.05) is 18.2 Å². The highest BCUT2D eigenvalue weighted by molar-refractivity contribution is 7.89. The van der Waals surface area contributed by atoms with Gasteiger partial charge in [0.05, 0.1) is 23.7 Å². The highest BCUT2D eigenvalue weighted by Crippen LogP contribution is 2.19. The number of hydrogen-bond donors (Lipinski definition) is 1. The van der Waals surface area contributed by atoms with E-state index in [0.29, 0.717) is 12.3 Å². The zero-order valence-corrected chi connectivity index (χ0v) is 16.2. The molecule has 0 aliphatic carbocycles. The van der Waals surface area contributed by atoms with Crippen LogP contribution in [0.5, 0.6) is 5.75 Å². The standard InChI is InChI=1S/C20H21N3O4S/c1-2-27-17-10-8-16(9-11-17)19-12-13-20(24)23(22-19)15-14-21-28(25,26)18-6-4-3-5-7-18/h3-13,21H,2,14-15H2,1H3. The Hall–Kier alpha value is -2.97. The normalized spacial score (nSPS) is 11.3. The van der Waals surface area contributed by atoms with Crippen molar-refractivity contribution in [1.29, 1.82) is 0 Å². The third kappa shape index (κ3) is 4.85. The zero-order valence-electron chi connectivity index (χ0n) is 15.4. The molecule has 0 atom stereocenters. The van der Waals surface area contributed by atoms with Crippen molar-refractivity contribution in [2.45, 2.75) is 18.4 Å². The van der Waals surface area contributed by atoms with Crippen LogP contribution in [0.2, 0.25) is 0 Å². The van der Waals surface area contributed by atoms with E-state index in [0.717, 1.165) is 11.3 Å². The Bertz CT molecular complexity index is 1080. The van der Waals surface area contributed by atoms with Gasteiger partial charge in [-0.25, -0.2) is 17.8 Å². The molecule has 0 saturated heterocycles. The fraction of sp³-hybridized carbons (Fsp3) is 0.200. The van der Waals surface area contributed by atoms with Crippen LogP contribution in [0.15, 0.2) is 76.4 Å². The first-order chi connectivity index (χ1) is 13.5. The molecule has 3 aromatic rings. The summed E-state index contributed by atoms with van der Waals surface area (Å²) in [6.07, 6.45) is 0. The summed E-state index contributed by atoms with van der Waals surface area (Å²) in [5.41, 5.74) is 1.16. The zero-order chi connectivity index (χ0) is 20.0. The van der Waals surface area contributed by atoms with Crippen LogP contribution in [0.3, 0.4) is 0 Å². The maximum Gasteiger partial charge on any atom is 0.266 e. The quantitative estimate of drug-likeness (QED) is 0.628. The van der Waals surface area contributed by atoms with E-state index in [1.54, 1.807) is 24.3 Å². The Kier molecular flexibility index (Phi) is 6.23. The largest absolute Gasteiger partial charge is 0.494 e. The Morgan fingerprint density at radius 1 is 1.00 bits per heavy atom. The summed E-state index contributed by atoms with van der Waals surface area (Å²) in [4.78, 5) is 12.2. The van der Waals surface area contributed by atoms with E-state index in [4.69, 9.17) is 4.74 Å². The predicted octanol–water partition coefficient (Wildman–Crippen LogP) is 2.29. The molecule has 1 aromatic heterocycles. The van der Waals surface area contributed by atoms with Crippen molar-refractivity contribution in [3.63, 3.8) is 0 Å². The second-order valence-corrected chi connectivity index (χ2v) is 7.72. The third-order valence-corrected chi connectivity index (χ3v) is 5.47. The van der Waals surface area contributed by atoms with Gasteiger partial charge in [-0.3, -0.25) is 4.79 Å². The van der Waals surface area contributed by atoms with E-state index < -0.39 is 10.0 Å². The second-order valence-electron chi connectivity index (χ2n) is 5.95. The first-order valence-corrected chi connectivity index (χ1v) is 10.3.